The molecule has 1 heterocycles. The summed E-state index contributed by atoms with van der Waals surface area (Å²) in [4.78, 5) is 4.48. The highest BCUT2D eigenvalue weighted by Crippen LogP contribution is 2.48. The van der Waals surface area contributed by atoms with E-state index in [1.165, 1.54) is 5.56 Å². The molecule has 0 radical (unpaired) electrons. The molecule has 1 aromatic heterocycles. The lowest BCUT2D eigenvalue weighted by atomic mass is 9.86. The van der Waals surface area contributed by atoms with Gasteiger partial charge in [-0.05, 0) is 42.2 Å². The SMILES string of the molecule is CCc1ccc(CC2(O)CC(C)(C)CC2C)nc1. The maximum absolute atomic E-state index is 10.8. The summed E-state index contributed by atoms with van der Waals surface area (Å²) in [5.41, 5.74) is 1.94. The molecule has 1 saturated carbocycles. The van der Waals surface area contributed by atoms with Crippen LogP contribution in [0.5, 0.6) is 0 Å². The van der Waals surface area contributed by atoms with E-state index in [2.05, 4.69) is 44.8 Å². The summed E-state index contributed by atoms with van der Waals surface area (Å²) >= 11 is 0. The quantitative estimate of drug-likeness (QED) is 0.888. The van der Waals surface area contributed by atoms with Crippen LogP contribution in [0, 0.1) is 11.3 Å². The molecular formula is C16H25NO. The Hall–Kier alpha value is -0.890. The second kappa shape index (κ2) is 4.65. The lowest BCUT2D eigenvalue weighted by Crippen LogP contribution is -2.35. The average molecular weight is 247 g/mol. The van der Waals surface area contributed by atoms with Crippen molar-refractivity contribution in [1.82, 2.24) is 4.98 Å². The van der Waals surface area contributed by atoms with Crippen LogP contribution in [0.2, 0.25) is 0 Å². The van der Waals surface area contributed by atoms with Crippen LogP contribution in [0.4, 0.5) is 0 Å². The van der Waals surface area contributed by atoms with Crippen LogP contribution < -0.4 is 0 Å². The number of aliphatic hydroxyl groups is 1. The Bertz CT molecular complexity index is 410. The molecule has 2 unspecified atom stereocenters. The molecule has 2 rings (SSSR count). The molecule has 0 bridgehead atoms. The summed E-state index contributed by atoms with van der Waals surface area (Å²) in [7, 11) is 0. The molecule has 0 aromatic carbocycles. The first-order valence-corrected chi connectivity index (χ1v) is 7.01. The van der Waals surface area contributed by atoms with Gasteiger partial charge in [-0.25, -0.2) is 0 Å². The van der Waals surface area contributed by atoms with Crippen molar-refractivity contribution in [2.24, 2.45) is 11.3 Å². The lowest BCUT2D eigenvalue weighted by molar-refractivity contribution is 0.00360. The molecule has 1 aromatic rings. The van der Waals surface area contributed by atoms with Crippen molar-refractivity contribution >= 4 is 0 Å². The van der Waals surface area contributed by atoms with Crippen molar-refractivity contribution in [3.8, 4) is 0 Å². The largest absolute Gasteiger partial charge is 0.389 e. The fourth-order valence-electron chi connectivity index (χ4n) is 3.41. The number of rotatable bonds is 3. The number of pyridine rings is 1. The zero-order chi connectivity index (χ0) is 13.4. The molecule has 1 fully saturated rings. The van der Waals surface area contributed by atoms with Crippen molar-refractivity contribution in [3.63, 3.8) is 0 Å². The Morgan fingerprint density at radius 1 is 1.39 bits per heavy atom. The molecule has 18 heavy (non-hydrogen) atoms. The van der Waals surface area contributed by atoms with Crippen LogP contribution in [0.15, 0.2) is 18.3 Å². The number of nitrogens with zero attached hydrogens (tertiary/aromatic N) is 1. The van der Waals surface area contributed by atoms with Crippen molar-refractivity contribution in [2.45, 2.75) is 59.0 Å². The van der Waals surface area contributed by atoms with E-state index in [-0.39, 0.29) is 5.41 Å². The topological polar surface area (TPSA) is 33.1 Å². The third-order valence-corrected chi connectivity index (χ3v) is 4.34. The van der Waals surface area contributed by atoms with Crippen LogP contribution in [0.25, 0.3) is 0 Å². The van der Waals surface area contributed by atoms with Gasteiger partial charge in [0.25, 0.3) is 0 Å². The summed E-state index contributed by atoms with van der Waals surface area (Å²) in [5.74, 6) is 0.347. The predicted octanol–water partition coefficient (Wildman–Crippen LogP) is 3.37. The molecule has 1 N–H and O–H groups in total. The minimum Gasteiger partial charge on any atom is -0.389 e. The highest BCUT2D eigenvalue weighted by molar-refractivity contribution is 5.16. The number of aromatic nitrogens is 1. The number of hydrogen-bond donors (Lipinski definition) is 1. The van der Waals surface area contributed by atoms with Gasteiger partial charge in [-0.2, -0.15) is 0 Å². The first kappa shape index (κ1) is 13.5. The Morgan fingerprint density at radius 2 is 2.11 bits per heavy atom. The summed E-state index contributed by atoms with van der Waals surface area (Å²) in [5, 5.41) is 10.8. The minimum absolute atomic E-state index is 0.248. The molecule has 0 aliphatic heterocycles. The minimum atomic E-state index is -0.579. The van der Waals surface area contributed by atoms with Crippen LogP contribution >= 0.6 is 0 Å². The summed E-state index contributed by atoms with van der Waals surface area (Å²) in [6.07, 6.45) is 5.60. The number of aryl methyl sites for hydroxylation is 1. The molecular weight excluding hydrogens is 222 g/mol. The zero-order valence-electron chi connectivity index (χ0n) is 12.0. The zero-order valence-corrected chi connectivity index (χ0v) is 12.0. The van der Waals surface area contributed by atoms with Crippen LogP contribution in [0.1, 0.15) is 51.8 Å². The van der Waals surface area contributed by atoms with Crippen LogP contribution in [-0.4, -0.2) is 15.7 Å². The summed E-state index contributed by atoms with van der Waals surface area (Å²) in [6.45, 7) is 8.78. The first-order valence-electron chi connectivity index (χ1n) is 7.01. The normalized spacial score (nSPS) is 30.6. The van der Waals surface area contributed by atoms with E-state index in [9.17, 15) is 5.11 Å². The Labute approximate surface area is 110 Å². The van der Waals surface area contributed by atoms with Gasteiger partial charge in [0.15, 0.2) is 0 Å². The maximum Gasteiger partial charge on any atom is 0.0733 e. The van der Waals surface area contributed by atoms with E-state index in [1.54, 1.807) is 0 Å². The monoisotopic (exact) mass is 247 g/mol. The van der Waals surface area contributed by atoms with Gasteiger partial charge in [-0.3, -0.25) is 4.98 Å². The van der Waals surface area contributed by atoms with E-state index >= 15 is 0 Å². The van der Waals surface area contributed by atoms with E-state index in [0.29, 0.717) is 12.3 Å². The molecule has 0 saturated heterocycles. The van der Waals surface area contributed by atoms with E-state index in [4.69, 9.17) is 0 Å². The predicted molar refractivity (Wildman–Crippen MR) is 74.4 cm³/mol. The molecule has 1 aliphatic rings. The fraction of sp³-hybridized carbons (Fsp3) is 0.688. The number of hydrogen-bond acceptors (Lipinski definition) is 2. The van der Waals surface area contributed by atoms with Gasteiger partial charge in [-0.1, -0.05) is 33.8 Å². The smallest absolute Gasteiger partial charge is 0.0733 e. The molecule has 2 atom stereocenters. The van der Waals surface area contributed by atoms with E-state index in [1.807, 2.05) is 6.20 Å². The highest BCUT2D eigenvalue weighted by Gasteiger charge is 2.47. The lowest BCUT2D eigenvalue weighted by Gasteiger charge is -2.28. The van der Waals surface area contributed by atoms with E-state index in [0.717, 1.165) is 25.0 Å². The van der Waals surface area contributed by atoms with Crippen molar-refractivity contribution in [1.29, 1.82) is 0 Å². The van der Waals surface area contributed by atoms with Gasteiger partial charge >= 0.3 is 0 Å². The highest BCUT2D eigenvalue weighted by atomic mass is 16.3. The Balaban J connectivity index is 2.12. The van der Waals surface area contributed by atoms with Crippen molar-refractivity contribution in [2.75, 3.05) is 0 Å². The Kier molecular flexibility index (Phi) is 3.50. The van der Waals surface area contributed by atoms with Gasteiger partial charge < -0.3 is 5.11 Å². The van der Waals surface area contributed by atoms with Gasteiger partial charge in [-0.15, -0.1) is 0 Å². The first-order chi connectivity index (χ1) is 8.35. The Morgan fingerprint density at radius 3 is 2.56 bits per heavy atom. The maximum atomic E-state index is 10.8. The van der Waals surface area contributed by atoms with Crippen molar-refractivity contribution in [3.05, 3.63) is 29.6 Å². The molecule has 100 valence electrons. The second-order valence-corrected chi connectivity index (χ2v) is 6.74. The van der Waals surface area contributed by atoms with Gasteiger partial charge in [0.05, 0.1) is 5.60 Å². The third kappa shape index (κ3) is 2.74. The third-order valence-electron chi connectivity index (χ3n) is 4.34. The average Bonchev–Trinajstić information content (AvgIpc) is 2.48. The summed E-state index contributed by atoms with van der Waals surface area (Å²) < 4.78 is 0. The second-order valence-electron chi connectivity index (χ2n) is 6.74. The molecule has 0 spiro atoms. The van der Waals surface area contributed by atoms with Crippen LogP contribution in [-0.2, 0) is 12.8 Å². The van der Waals surface area contributed by atoms with Crippen LogP contribution in [0.3, 0.4) is 0 Å². The fourth-order valence-corrected chi connectivity index (χ4v) is 3.41. The molecule has 2 heteroatoms. The molecule has 0 amide bonds. The molecule has 2 nitrogen and oxygen atoms in total. The van der Waals surface area contributed by atoms with Gasteiger partial charge in [0.1, 0.15) is 0 Å². The molecule has 1 aliphatic carbocycles. The summed E-state index contributed by atoms with van der Waals surface area (Å²) in [6, 6.07) is 4.19. The van der Waals surface area contributed by atoms with Crippen molar-refractivity contribution < 1.29 is 5.11 Å². The van der Waals surface area contributed by atoms with E-state index < -0.39 is 5.60 Å². The standard InChI is InChI=1S/C16H25NO/c1-5-13-6-7-14(17-10-13)9-16(18)11-15(3,4)8-12(16)2/h6-7,10,12,18H,5,8-9,11H2,1-4H3. The van der Waals surface area contributed by atoms with Gasteiger partial charge in [0.2, 0.25) is 0 Å². The van der Waals surface area contributed by atoms with Gasteiger partial charge in [0, 0.05) is 18.3 Å².